The summed E-state index contributed by atoms with van der Waals surface area (Å²) in [6.07, 6.45) is 0.232. The van der Waals surface area contributed by atoms with Gasteiger partial charge in [0.05, 0.1) is 28.7 Å². The number of amides is 3. The van der Waals surface area contributed by atoms with Crippen molar-refractivity contribution in [3.8, 4) is 11.8 Å². The predicted molar refractivity (Wildman–Crippen MR) is 243 cm³/mol. The van der Waals surface area contributed by atoms with E-state index in [-0.39, 0.29) is 49.8 Å². The van der Waals surface area contributed by atoms with E-state index in [9.17, 15) is 29.5 Å². The van der Waals surface area contributed by atoms with Crippen LogP contribution in [0.25, 0.3) is 0 Å². The molecular formula is C47H60Cl2N8O7. The number of rotatable bonds is 16. The molecule has 1 aliphatic carbocycles. The molecule has 0 unspecified atom stereocenters. The quantitative estimate of drug-likeness (QED) is 0.135. The molecule has 3 heterocycles. The number of ketones is 1. The molecule has 3 amide bonds. The second kappa shape index (κ2) is 20.1. The molecule has 2 saturated heterocycles. The molecule has 0 bridgehead atoms. The fourth-order valence-corrected chi connectivity index (χ4v) is 9.63. The molecule has 0 spiro atoms. The summed E-state index contributed by atoms with van der Waals surface area (Å²) in [6.45, 7) is 17.9. The van der Waals surface area contributed by atoms with Crippen LogP contribution in [0.2, 0.25) is 10.0 Å². The van der Waals surface area contributed by atoms with Gasteiger partial charge in [-0.25, -0.2) is 10.4 Å². The van der Waals surface area contributed by atoms with Crippen LogP contribution in [0, 0.1) is 33.5 Å². The molecule has 2 aromatic carbocycles. The van der Waals surface area contributed by atoms with E-state index < -0.39 is 46.2 Å². The lowest BCUT2D eigenvalue weighted by Gasteiger charge is -2.63. The molecule has 6 rings (SSSR count). The molecule has 344 valence electrons. The van der Waals surface area contributed by atoms with Crippen molar-refractivity contribution in [2.45, 2.75) is 92.3 Å². The number of ether oxygens (including phenoxy) is 2. The van der Waals surface area contributed by atoms with E-state index in [4.69, 9.17) is 32.7 Å². The van der Waals surface area contributed by atoms with Gasteiger partial charge >= 0.3 is 0 Å². The van der Waals surface area contributed by atoms with Crippen LogP contribution in [-0.4, -0.2) is 114 Å². The van der Waals surface area contributed by atoms with Crippen LogP contribution >= 0.6 is 23.2 Å². The van der Waals surface area contributed by atoms with Crippen molar-refractivity contribution in [3.05, 3.63) is 87.5 Å². The monoisotopic (exact) mass is 918 g/mol. The van der Waals surface area contributed by atoms with Crippen LogP contribution in [0.15, 0.2) is 60.8 Å². The fraction of sp³-hybridized carbons (Fsp3) is 0.532. The van der Waals surface area contributed by atoms with Crippen molar-refractivity contribution in [1.82, 2.24) is 31.0 Å². The van der Waals surface area contributed by atoms with Crippen molar-refractivity contribution in [2.24, 2.45) is 22.2 Å². The van der Waals surface area contributed by atoms with Crippen LogP contribution in [0.1, 0.15) is 82.8 Å². The van der Waals surface area contributed by atoms with Gasteiger partial charge in [0.15, 0.2) is 5.78 Å². The van der Waals surface area contributed by atoms with Crippen LogP contribution in [-0.2, 0) is 25.7 Å². The van der Waals surface area contributed by atoms with Crippen molar-refractivity contribution in [1.29, 1.82) is 5.26 Å². The average Bonchev–Trinajstić information content (AvgIpc) is 3.66. The summed E-state index contributed by atoms with van der Waals surface area (Å²) in [5.41, 5.74) is 2.99. The number of nitriles is 1. The van der Waals surface area contributed by atoms with Crippen LogP contribution in [0.4, 0.5) is 5.82 Å². The van der Waals surface area contributed by atoms with Gasteiger partial charge in [-0.2, -0.15) is 5.26 Å². The average molecular weight is 920 g/mol. The number of carbonyl (C=O) groups excluding carboxylic acids is 4. The number of benzene rings is 2. The second-order valence-corrected chi connectivity index (χ2v) is 20.0. The second-order valence-electron chi connectivity index (χ2n) is 19.2. The molecule has 3 aromatic rings. The molecule has 1 saturated carbocycles. The summed E-state index contributed by atoms with van der Waals surface area (Å²) in [7, 11) is 0. The standard InChI is InChI=1S/C47H60Cl2N8O7/c1-45(2,3)35(42(62)57-37(24-39(59)54-57)41(61)52-26-29-8-12-32(48)13-9-29)22-33(58)28-63-21-20-55-16-18-56(19-17-55)38-15-11-31(27-51-38)40(60)53-43-46(4,5)44(47(43,6)7)64-34-14-10-30(25-50)36(49)23-34/h8-15,23,27,35,37,39,43-44,54,59H,16-22,24,26,28H2,1-7H3,(H,52,61)(H,53,60)/t35-,37+,39-,43?,44?/m1/s1. The topological polar surface area (TPSA) is 189 Å². The maximum absolute atomic E-state index is 13.9. The first-order valence-corrected chi connectivity index (χ1v) is 22.4. The van der Waals surface area contributed by atoms with E-state index in [0.717, 1.165) is 37.6 Å². The third-order valence-corrected chi connectivity index (χ3v) is 13.3. The van der Waals surface area contributed by atoms with Gasteiger partial charge in [0.1, 0.15) is 42.6 Å². The minimum absolute atomic E-state index is 0.0130. The van der Waals surface area contributed by atoms with E-state index in [1.807, 2.05) is 26.8 Å². The summed E-state index contributed by atoms with van der Waals surface area (Å²) < 4.78 is 12.2. The zero-order chi connectivity index (χ0) is 46.6. The number of hydrogen-bond donors (Lipinski definition) is 4. The zero-order valence-corrected chi connectivity index (χ0v) is 39.1. The Balaban J connectivity index is 0.916. The van der Waals surface area contributed by atoms with E-state index >= 15 is 0 Å². The third-order valence-electron chi connectivity index (χ3n) is 12.7. The molecule has 1 aromatic heterocycles. The fourth-order valence-electron chi connectivity index (χ4n) is 9.29. The number of aliphatic hydroxyl groups is 1. The van der Waals surface area contributed by atoms with Crippen LogP contribution < -0.4 is 25.7 Å². The minimum Gasteiger partial charge on any atom is -0.489 e. The van der Waals surface area contributed by atoms with Gasteiger partial charge in [-0.05, 0) is 47.4 Å². The van der Waals surface area contributed by atoms with Crippen molar-refractivity contribution >= 4 is 52.5 Å². The van der Waals surface area contributed by atoms with Crippen molar-refractivity contribution < 1.29 is 33.8 Å². The Bertz CT molecular complexity index is 2190. The first-order valence-electron chi connectivity index (χ1n) is 21.7. The van der Waals surface area contributed by atoms with Gasteiger partial charge in [0.25, 0.3) is 5.91 Å². The van der Waals surface area contributed by atoms with E-state index in [1.165, 1.54) is 5.01 Å². The Morgan fingerprint density at radius 3 is 2.30 bits per heavy atom. The lowest BCUT2D eigenvalue weighted by Crippen LogP contribution is -2.74. The number of pyridine rings is 1. The zero-order valence-electron chi connectivity index (χ0n) is 37.6. The molecule has 2 aliphatic heterocycles. The Morgan fingerprint density at radius 2 is 1.69 bits per heavy atom. The summed E-state index contributed by atoms with van der Waals surface area (Å²) in [4.78, 5) is 62.8. The van der Waals surface area contributed by atoms with Gasteiger partial charge < -0.3 is 30.1 Å². The maximum Gasteiger partial charge on any atom is 0.253 e. The highest BCUT2D eigenvalue weighted by Gasteiger charge is 2.64. The number of halogens is 2. The molecule has 3 atom stereocenters. The summed E-state index contributed by atoms with van der Waals surface area (Å²) in [6, 6.07) is 16.7. The number of carbonyl (C=O) groups is 4. The Labute approximate surface area is 385 Å². The van der Waals surface area contributed by atoms with Gasteiger partial charge in [0, 0.05) is 86.3 Å². The van der Waals surface area contributed by atoms with E-state index in [0.29, 0.717) is 40.1 Å². The van der Waals surface area contributed by atoms with E-state index in [2.05, 4.69) is 64.6 Å². The normalized spacial score (nSPS) is 22.2. The van der Waals surface area contributed by atoms with Gasteiger partial charge in [-0.15, -0.1) is 0 Å². The van der Waals surface area contributed by atoms with Crippen LogP contribution in [0.5, 0.6) is 5.75 Å². The highest BCUT2D eigenvalue weighted by molar-refractivity contribution is 6.31. The van der Waals surface area contributed by atoms with E-state index in [1.54, 1.807) is 54.7 Å². The number of nitrogens with one attached hydrogen (secondary N) is 3. The van der Waals surface area contributed by atoms with Crippen molar-refractivity contribution in [3.63, 3.8) is 0 Å². The number of aliphatic hydroxyl groups excluding tert-OH is 1. The number of Topliss-reactive ketones (excluding diaryl/α,β-unsaturated/α-hetero) is 1. The smallest absolute Gasteiger partial charge is 0.253 e. The number of aromatic nitrogens is 1. The highest BCUT2D eigenvalue weighted by atomic mass is 35.5. The summed E-state index contributed by atoms with van der Waals surface area (Å²) >= 11 is 12.2. The molecular weight excluding hydrogens is 859 g/mol. The first-order chi connectivity index (χ1) is 30.2. The van der Waals surface area contributed by atoms with Crippen LogP contribution in [0.3, 0.4) is 0 Å². The van der Waals surface area contributed by atoms with Crippen molar-refractivity contribution in [2.75, 3.05) is 50.8 Å². The van der Waals surface area contributed by atoms with Gasteiger partial charge in [-0.1, -0.05) is 83.8 Å². The number of anilines is 1. The third kappa shape index (κ3) is 11.3. The summed E-state index contributed by atoms with van der Waals surface area (Å²) in [5, 5.41) is 27.7. The lowest BCUT2D eigenvalue weighted by atomic mass is 9.49. The summed E-state index contributed by atoms with van der Waals surface area (Å²) in [5.74, 6) is -0.713. The van der Waals surface area contributed by atoms with Gasteiger partial charge in [0.2, 0.25) is 11.8 Å². The molecule has 15 nitrogen and oxygen atoms in total. The molecule has 64 heavy (non-hydrogen) atoms. The highest BCUT2D eigenvalue weighted by Crippen LogP contribution is 2.55. The Hall–Kier alpha value is -4.82. The molecule has 17 heteroatoms. The molecule has 3 aliphatic rings. The number of hydrazine groups is 1. The molecule has 4 N–H and O–H groups in total. The SMILES string of the molecule is CC1(C)C(NC(=O)c2ccc(N3CCN(CCOCC(=O)C[C@H](C(=O)N4N[C@H](O)C[C@H]4C(=O)NCc4ccc(Cl)cc4)C(C)(C)C)CC3)nc2)C(C)(C)C1Oc1ccc(C#N)c(Cl)c1. The number of hydrogen-bond acceptors (Lipinski definition) is 12. The molecule has 0 radical (unpaired) electrons. The Morgan fingerprint density at radius 1 is 1.00 bits per heavy atom. The number of nitrogens with zero attached hydrogens (tertiary/aromatic N) is 5. The number of piperazine rings is 1. The van der Waals surface area contributed by atoms with Gasteiger partial charge in [-0.3, -0.25) is 29.1 Å². The largest absolute Gasteiger partial charge is 0.489 e. The Kier molecular flexibility index (Phi) is 15.3. The maximum atomic E-state index is 13.9. The minimum atomic E-state index is -1.09. The predicted octanol–water partition coefficient (Wildman–Crippen LogP) is 5.37. The lowest BCUT2D eigenvalue weighted by molar-refractivity contribution is -0.164. The first kappa shape index (κ1) is 48.6. The molecule has 3 fully saturated rings.